The Labute approximate surface area is 106 Å². The van der Waals surface area contributed by atoms with Crippen LogP contribution in [0.25, 0.3) is 0 Å². The SMILES string of the molecule is CNC(=O)C(C)NC(=O)Nc1ccc(CN)cc1. The largest absolute Gasteiger partial charge is 0.357 e. The van der Waals surface area contributed by atoms with Crippen molar-refractivity contribution < 1.29 is 9.59 Å². The van der Waals surface area contributed by atoms with Gasteiger partial charge in [-0.2, -0.15) is 0 Å². The summed E-state index contributed by atoms with van der Waals surface area (Å²) >= 11 is 0. The van der Waals surface area contributed by atoms with Crippen LogP contribution in [0.15, 0.2) is 24.3 Å². The number of amides is 3. The highest BCUT2D eigenvalue weighted by Crippen LogP contribution is 2.08. The van der Waals surface area contributed by atoms with Crippen LogP contribution in [0.3, 0.4) is 0 Å². The van der Waals surface area contributed by atoms with Crippen LogP contribution in [0.1, 0.15) is 12.5 Å². The standard InChI is InChI=1S/C12H18N4O2/c1-8(11(17)14-2)15-12(18)16-10-5-3-9(7-13)4-6-10/h3-6,8H,7,13H2,1-2H3,(H,14,17)(H2,15,16,18). The van der Waals surface area contributed by atoms with E-state index >= 15 is 0 Å². The second kappa shape index (κ2) is 6.61. The molecule has 1 unspecified atom stereocenters. The van der Waals surface area contributed by atoms with Crippen LogP contribution in [0.5, 0.6) is 0 Å². The van der Waals surface area contributed by atoms with Gasteiger partial charge in [-0.1, -0.05) is 12.1 Å². The first-order valence-electron chi connectivity index (χ1n) is 5.65. The number of likely N-dealkylation sites (N-methyl/N-ethyl adjacent to an activating group) is 1. The minimum absolute atomic E-state index is 0.247. The molecule has 0 aromatic heterocycles. The summed E-state index contributed by atoms with van der Waals surface area (Å²) in [5.74, 6) is -0.247. The van der Waals surface area contributed by atoms with E-state index in [1.807, 2.05) is 12.1 Å². The average molecular weight is 250 g/mol. The number of urea groups is 1. The topological polar surface area (TPSA) is 96.2 Å². The Balaban J connectivity index is 2.51. The van der Waals surface area contributed by atoms with Gasteiger partial charge in [0, 0.05) is 19.3 Å². The molecule has 1 aromatic carbocycles. The molecule has 0 radical (unpaired) electrons. The van der Waals surface area contributed by atoms with E-state index in [9.17, 15) is 9.59 Å². The van der Waals surface area contributed by atoms with Crippen molar-refractivity contribution in [3.8, 4) is 0 Å². The number of carbonyl (C=O) groups is 2. The van der Waals surface area contributed by atoms with Gasteiger partial charge >= 0.3 is 6.03 Å². The molecule has 0 bridgehead atoms. The molecule has 5 N–H and O–H groups in total. The molecule has 0 heterocycles. The summed E-state index contributed by atoms with van der Waals surface area (Å²) < 4.78 is 0. The molecule has 0 aliphatic heterocycles. The number of rotatable bonds is 4. The first kappa shape index (κ1) is 14.0. The van der Waals surface area contributed by atoms with Gasteiger partial charge in [0.2, 0.25) is 5.91 Å². The molecule has 98 valence electrons. The van der Waals surface area contributed by atoms with Crippen molar-refractivity contribution in [2.24, 2.45) is 5.73 Å². The number of benzene rings is 1. The maximum atomic E-state index is 11.6. The Morgan fingerprint density at radius 1 is 1.28 bits per heavy atom. The van der Waals surface area contributed by atoms with E-state index in [0.717, 1.165) is 5.56 Å². The zero-order chi connectivity index (χ0) is 13.5. The highest BCUT2D eigenvalue weighted by molar-refractivity contribution is 5.93. The third kappa shape index (κ3) is 4.06. The van der Waals surface area contributed by atoms with E-state index in [1.54, 1.807) is 19.1 Å². The van der Waals surface area contributed by atoms with Gasteiger partial charge in [0.1, 0.15) is 6.04 Å². The van der Waals surface area contributed by atoms with E-state index in [2.05, 4.69) is 16.0 Å². The van der Waals surface area contributed by atoms with Crippen molar-refractivity contribution >= 4 is 17.6 Å². The van der Waals surface area contributed by atoms with Crippen LogP contribution in [-0.2, 0) is 11.3 Å². The zero-order valence-corrected chi connectivity index (χ0v) is 10.5. The predicted octanol–water partition coefficient (Wildman–Crippen LogP) is 0.401. The fourth-order valence-corrected chi connectivity index (χ4v) is 1.37. The van der Waals surface area contributed by atoms with Gasteiger partial charge in [0.15, 0.2) is 0 Å². The van der Waals surface area contributed by atoms with E-state index in [4.69, 9.17) is 5.73 Å². The van der Waals surface area contributed by atoms with Gasteiger partial charge < -0.3 is 21.7 Å². The lowest BCUT2D eigenvalue weighted by Crippen LogP contribution is -2.45. The molecule has 1 atom stereocenters. The Morgan fingerprint density at radius 3 is 2.39 bits per heavy atom. The first-order chi connectivity index (χ1) is 8.56. The molecular weight excluding hydrogens is 232 g/mol. The van der Waals surface area contributed by atoms with Gasteiger partial charge in [-0.05, 0) is 24.6 Å². The van der Waals surface area contributed by atoms with Crippen molar-refractivity contribution in [2.75, 3.05) is 12.4 Å². The fourth-order valence-electron chi connectivity index (χ4n) is 1.37. The second-order valence-corrected chi connectivity index (χ2v) is 3.84. The lowest BCUT2D eigenvalue weighted by Gasteiger charge is -2.13. The highest BCUT2D eigenvalue weighted by atomic mass is 16.2. The van der Waals surface area contributed by atoms with Crippen LogP contribution in [0.2, 0.25) is 0 Å². The molecule has 0 saturated heterocycles. The van der Waals surface area contributed by atoms with Crippen LogP contribution in [0.4, 0.5) is 10.5 Å². The molecule has 0 saturated carbocycles. The number of carbonyl (C=O) groups excluding carboxylic acids is 2. The van der Waals surface area contributed by atoms with Crippen molar-refractivity contribution in [1.82, 2.24) is 10.6 Å². The molecule has 0 aliphatic rings. The molecule has 3 amide bonds. The van der Waals surface area contributed by atoms with Gasteiger partial charge in [-0.25, -0.2) is 4.79 Å². The quantitative estimate of drug-likeness (QED) is 0.623. The molecule has 1 rings (SSSR count). The Bertz CT molecular complexity index is 417. The smallest absolute Gasteiger partial charge is 0.319 e. The van der Waals surface area contributed by atoms with Gasteiger partial charge in [-0.15, -0.1) is 0 Å². The molecule has 0 aliphatic carbocycles. The van der Waals surface area contributed by atoms with Crippen molar-refractivity contribution in [3.63, 3.8) is 0 Å². The summed E-state index contributed by atoms with van der Waals surface area (Å²) in [4.78, 5) is 22.8. The summed E-state index contributed by atoms with van der Waals surface area (Å²) in [7, 11) is 1.52. The summed E-state index contributed by atoms with van der Waals surface area (Å²) in [6.45, 7) is 2.07. The van der Waals surface area contributed by atoms with Gasteiger partial charge in [0.25, 0.3) is 0 Å². The molecule has 6 nitrogen and oxygen atoms in total. The number of hydrogen-bond donors (Lipinski definition) is 4. The van der Waals surface area contributed by atoms with E-state index in [0.29, 0.717) is 12.2 Å². The molecule has 18 heavy (non-hydrogen) atoms. The molecule has 6 heteroatoms. The first-order valence-corrected chi connectivity index (χ1v) is 5.65. The van der Waals surface area contributed by atoms with Crippen molar-refractivity contribution in [2.45, 2.75) is 19.5 Å². The number of nitrogens with one attached hydrogen (secondary N) is 3. The monoisotopic (exact) mass is 250 g/mol. The Morgan fingerprint density at radius 2 is 1.89 bits per heavy atom. The third-order valence-corrected chi connectivity index (χ3v) is 2.43. The van der Waals surface area contributed by atoms with Crippen LogP contribution >= 0.6 is 0 Å². The number of nitrogens with two attached hydrogens (primary N) is 1. The normalized spacial score (nSPS) is 11.5. The minimum atomic E-state index is -0.585. The van der Waals surface area contributed by atoms with Gasteiger partial charge in [-0.3, -0.25) is 4.79 Å². The second-order valence-electron chi connectivity index (χ2n) is 3.84. The third-order valence-electron chi connectivity index (χ3n) is 2.43. The summed E-state index contributed by atoms with van der Waals surface area (Å²) in [6, 6.07) is 6.17. The van der Waals surface area contributed by atoms with Crippen LogP contribution in [0, 0.1) is 0 Å². The molecular formula is C12H18N4O2. The molecule has 0 spiro atoms. The minimum Gasteiger partial charge on any atom is -0.357 e. The average Bonchev–Trinajstić information content (AvgIpc) is 2.38. The summed E-state index contributed by atoms with van der Waals surface area (Å²) in [6.07, 6.45) is 0. The van der Waals surface area contributed by atoms with Crippen LogP contribution < -0.4 is 21.7 Å². The predicted molar refractivity (Wildman–Crippen MR) is 70.0 cm³/mol. The summed E-state index contributed by atoms with van der Waals surface area (Å²) in [5.41, 5.74) is 7.10. The Kier molecular flexibility index (Phi) is 5.13. The fraction of sp³-hybridized carbons (Fsp3) is 0.333. The summed E-state index contributed by atoms with van der Waals surface area (Å²) in [5, 5.41) is 7.61. The molecule has 0 fully saturated rings. The molecule has 1 aromatic rings. The lowest BCUT2D eigenvalue weighted by atomic mass is 10.2. The van der Waals surface area contributed by atoms with Crippen LogP contribution in [-0.4, -0.2) is 25.0 Å². The van der Waals surface area contributed by atoms with E-state index < -0.39 is 12.1 Å². The number of anilines is 1. The van der Waals surface area contributed by atoms with Gasteiger partial charge in [0.05, 0.1) is 0 Å². The lowest BCUT2D eigenvalue weighted by molar-refractivity contribution is -0.122. The highest BCUT2D eigenvalue weighted by Gasteiger charge is 2.13. The van der Waals surface area contributed by atoms with E-state index in [1.165, 1.54) is 7.05 Å². The maximum Gasteiger partial charge on any atom is 0.319 e. The van der Waals surface area contributed by atoms with Crippen molar-refractivity contribution in [1.29, 1.82) is 0 Å². The van der Waals surface area contributed by atoms with Crippen molar-refractivity contribution in [3.05, 3.63) is 29.8 Å². The zero-order valence-electron chi connectivity index (χ0n) is 10.5. The Hall–Kier alpha value is -2.08. The maximum absolute atomic E-state index is 11.6. The number of hydrogen-bond acceptors (Lipinski definition) is 3. The van der Waals surface area contributed by atoms with E-state index in [-0.39, 0.29) is 5.91 Å².